The lowest BCUT2D eigenvalue weighted by atomic mass is 10.3. The summed E-state index contributed by atoms with van der Waals surface area (Å²) in [5.74, 6) is 2.42. The van der Waals surface area contributed by atoms with E-state index in [1.807, 2.05) is 18.2 Å². The van der Waals surface area contributed by atoms with Crippen molar-refractivity contribution in [3.63, 3.8) is 0 Å². The molecule has 2 aromatic carbocycles. The van der Waals surface area contributed by atoms with E-state index in [-0.39, 0.29) is 10.6 Å². The lowest BCUT2D eigenvalue weighted by Gasteiger charge is -2.13. The third-order valence-electron chi connectivity index (χ3n) is 4.66. The lowest BCUT2D eigenvalue weighted by Crippen LogP contribution is -2.14. The Morgan fingerprint density at radius 2 is 1.47 bits per heavy atom. The van der Waals surface area contributed by atoms with Gasteiger partial charge in [0.2, 0.25) is 0 Å². The minimum Gasteiger partial charge on any atom is -0.497 e. The molecule has 34 heavy (non-hydrogen) atoms. The second-order valence-corrected chi connectivity index (χ2v) is 8.60. The predicted molar refractivity (Wildman–Crippen MR) is 130 cm³/mol. The van der Waals surface area contributed by atoms with Gasteiger partial charge in [0, 0.05) is 29.7 Å². The van der Waals surface area contributed by atoms with Gasteiger partial charge in [-0.1, -0.05) is 6.07 Å². The molecule has 2 heterocycles. The van der Waals surface area contributed by atoms with E-state index in [2.05, 4.69) is 30.3 Å². The van der Waals surface area contributed by atoms with Gasteiger partial charge in [0.25, 0.3) is 10.0 Å². The van der Waals surface area contributed by atoms with Crippen molar-refractivity contribution in [2.45, 2.75) is 4.90 Å². The normalized spacial score (nSPS) is 10.9. The van der Waals surface area contributed by atoms with Gasteiger partial charge >= 0.3 is 0 Å². The number of methoxy groups -OCH3 is 2. The standard InChI is InChI=1S/C23H22N6O4S/c1-32-18-10-11-19(33-2)20(13-18)34(30,31)29-17-8-6-16(7-9-17)27-22-14-23(26-15-25-22)28-21-5-3-4-12-24-21/h3-15,29H,1-2H3,(H2,24,25,26,27,28). The Hall–Kier alpha value is -4.38. The number of pyridine rings is 1. The molecule has 174 valence electrons. The quantitative estimate of drug-likeness (QED) is 0.325. The molecule has 10 nitrogen and oxygen atoms in total. The monoisotopic (exact) mass is 478 g/mol. The zero-order valence-electron chi connectivity index (χ0n) is 18.4. The number of nitrogens with one attached hydrogen (secondary N) is 3. The highest BCUT2D eigenvalue weighted by Crippen LogP contribution is 2.30. The maximum atomic E-state index is 12.9. The van der Waals surface area contributed by atoms with Crippen molar-refractivity contribution in [3.8, 4) is 11.5 Å². The molecule has 0 atom stereocenters. The molecule has 0 unspecified atom stereocenters. The van der Waals surface area contributed by atoms with E-state index in [9.17, 15) is 8.42 Å². The van der Waals surface area contributed by atoms with Crippen LogP contribution in [0.3, 0.4) is 0 Å². The number of ether oxygens (including phenoxy) is 2. The molecule has 4 aromatic rings. The molecule has 0 saturated carbocycles. The van der Waals surface area contributed by atoms with Crippen LogP contribution in [0.1, 0.15) is 0 Å². The summed E-state index contributed by atoms with van der Waals surface area (Å²) in [5.41, 5.74) is 1.10. The first-order chi connectivity index (χ1) is 16.5. The second kappa shape index (κ2) is 10.0. The largest absolute Gasteiger partial charge is 0.497 e. The van der Waals surface area contributed by atoms with Crippen LogP contribution in [0.5, 0.6) is 11.5 Å². The lowest BCUT2D eigenvalue weighted by molar-refractivity contribution is 0.392. The average Bonchev–Trinajstić information content (AvgIpc) is 2.85. The molecule has 0 aliphatic heterocycles. The number of rotatable bonds is 9. The van der Waals surface area contributed by atoms with Crippen LogP contribution >= 0.6 is 0 Å². The van der Waals surface area contributed by atoms with Crippen molar-refractivity contribution < 1.29 is 17.9 Å². The fourth-order valence-electron chi connectivity index (χ4n) is 3.04. The number of nitrogens with zero attached hydrogens (tertiary/aromatic N) is 3. The molecule has 0 aliphatic rings. The van der Waals surface area contributed by atoms with E-state index in [4.69, 9.17) is 9.47 Å². The van der Waals surface area contributed by atoms with Gasteiger partial charge in [0.05, 0.1) is 14.2 Å². The SMILES string of the molecule is COc1ccc(OC)c(S(=O)(=O)Nc2ccc(Nc3cc(Nc4ccccn4)ncn3)cc2)c1. The zero-order chi connectivity index (χ0) is 24.0. The number of aromatic nitrogens is 3. The van der Waals surface area contributed by atoms with E-state index >= 15 is 0 Å². The van der Waals surface area contributed by atoms with Crippen LogP contribution in [0.4, 0.5) is 28.8 Å². The summed E-state index contributed by atoms with van der Waals surface area (Å²) in [5, 5.41) is 6.26. The summed E-state index contributed by atoms with van der Waals surface area (Å²) in [6, 6.07) is 18.6. The van der Waals surface area contributed by atoms with Crippen LogP contribution in [0.15, 0.2) is 84.1 Å². The van der Waals surface area contributed by atoms with Crippen molar-refractivity contribution in [1.29, 1.82) is 0 Å². The number of sulfonamides is 1. The molecule has 0 radical (unpaired) electrons. The summed E-state index contributed by atoms with van der Waals surface area (Å²) in [6.07, 6.45) is 3.11. The minimum atomic E-state index is -3.91. The van der Waals surface area contributed by atoms with Gasteiger partial charge in [0.15, 0.2) is 0 Å². The Morgan fingerprint density at radius 3 is 2.15 bits per heavy atom. The third-order valence-corrected chi connectivity index (χ3v) is 6.06. The first kappa shape index (κ1) is 22.8. The first-order valence-electron chi connectivity index (χ1n) is 10.1. The van der Waals surface area contributed by atoms with Crippen molar-refractivity contribution in [3.05, 3.63) is 79.3 Å². The van der Waals surface area contributed by atoms with Crippen molar-refractivity contribution in [2.75, 3.05) is 29.6 Å². The average molecular weight is 479 g/mol. The predicted octanol–water partition coefficient (Wildman–Crippen LogP) is 4.18. The van der Waals surface area contributed by atoms with Gasteiger partial charge in [-0.2, -0.15) is 0 Å². The Morgan fingerprint density at radius 1 is 0.735 bits per heavy atom. The summed E-state index contributed by atoms with van der Waals surface area (Å²) in [4.78, 5) is 12.6. The molecule has 11 heteroatoms. The van der Waals surface area contributed by atoms with E-state index in [1.54, 1.807) is 48.7 Å². The van der Waals surface area contributed by atoms with Gasteiger partial charge in [-0.25, -0.2) is 23.4 Å². The van der Waals surface area contributed by atoms with E-state index < -0.39 is 10.0 Å². The molecule has 0 bridgehead atoms. The number of anilines is 5. The molecule has 0 saturated heterocycles. The topological polar surface area (TPSA) is 127 Å². The zero-order valence-corrected chi connectivity index (χ0v) is 19.2. The summed E-state index contributed by atoms with van der Waals surface area (Å²) >= 11 is 0. The highest BCUT2D eigenvalue weighted by atomic mass is 32.2. The third kappa shape index (κ3) is 5.51. The summed E-state index contributed by atoms with van der Waals surface area (Å²) in [6.45, 7) is 0. The fourth-order valence-corrected chi connectivity index (χ4v) is 4.28. The van der Waals surface area contributed by atoms with E-state index in [0.29, 0.717) is 34.6 Å². The van der Waals surface area contributed by atoms with Gasteiger partial charge in [0.1, 0.15) is 40.2 Å². The van der Waals surface area contributed by atoms with Crippen LogP contribution in [0.2, 0.25) is 0 Å². The molecule has 0 fully saturated rings. The number of hydrogen-bond acceptors (Lipinski definition) is 9. The van der Waals surface area contributed by atoms with Crippen LogP contribution in [-0.4, -0.2) is 37.6 Å². The number of benzene rings is 2. The van der Waals surface area contributed by atoms with Gasteiger partial charge in [-0.3, -0.25) is 4.72 Å². The molecule has 4 rings (SSSR count). The van der Waals surface area contributed by atoms with Crippen LogP contribution in [-0.2, 0) is 10.0 Å². The maximum absolute atomic E-state index is 12.9. The Bertz CT molecular complexity index is 1370. The second-order valence-electron chi connectivity index (χ2n) is 6.95. The Kier molecular flexibility index (Phi) is 6.74. The molecular formula is C23H22N6O4S. The fraction of sp³-hybridized carbons (Fsp3) is 0.0870. The Labute approximate surface area is 197 Å². The van der Waals surface area contributed by atoms with Crippen LogP contribution in [0, 0.1) is 0 Å². The van der Waals surface area contributed by atoms with E-state index in [1.165, 1.54) is 26.6 Å². The first-order valence-corrected chi connectivity index (χ1v) is 11.6. The Balaban J connectivity index is 1.46. The van der Waals surface area contributed by atoms with Crippen LogP contribution < -0.4 is 24.8 Å². The minimum absolute atomic E-state index is 0.0227. The highest BCUT2D eigenvalue weighted by Gasteiger charge is 2.20. The van der Waals surface area contributed by atoms with E-state index in [0.717, 1.165) is 0 Å². The molecule has 3 N–H and O–H groups in total. The molecule has 2 aromatic heterocycles. The summed E-state index contributed by atoms with van der Waals surface area (Å²) in [7, 11) is -1.03. The number of hydrogen-bond donors (Lipinski definition) is 3. The van der Waals surface area contributed by atoms with Crippen molar-refractivity contribution in [2.24, 2.45) is 0 Å². The summed E-state index contributed by atoms with van der Waals surface area (Å²) < 4.78 is 38.7. The van der Waals surface area contributed by atoms with Crippen molar-refractivity contribution in [1.82, 2.24) is 15.0 Å². The molecular weight excluding hydrogens is 456 g/mol. The molecule has 0 amide bonds. The van der Waals surface area contributed by atoms with Crippen molar-refractivity contribution >= 4 is 38.9 Å². The van der Waals surface area contributed by atoms with Gasteiger partial charge in [-0.15, -0.1) is 0 Å². The maximum Gasteiger partial charge on any atom is 0.265 e. The van der Waals surface area contributed by atoms with Gasteiger partial charge in [-0.05, 0) is 48.5 Å². The molecule has 0 aliphatic carbocycles. The van der Waals surface area contributed by atoms with Crippen LogP contribution in [0.25, 0.3) is 0 Å². The molecule has 0 spiro atoms. The smallest absolute Gasteiger partial charge is 0.265 e. The highest BCUT2D eigenvalue weighted by molar-refractivity contribution is 7.92. The van der Waals surface area contributed by atoms with Gasteiger partial charge < -0.3 is 20.1 Å².